The largest absolute Gasteiger partial charge is 0.0622 e. The van der Waals surface area contributed by atoms with Crippen molar-refractivity contribution in [2.24, 2.45) is 0 Å². The second-order valence-electron chi connectivity index (χ2n) is 10.1. The molecule has 1 aliphatic rings. The average molecular weight is 509 g/mol. The van der Waals surface area contributed by atoms with E-state index < -0.39 is 0 Å². The SMILES string of the molecule is C(=C(c1ccccc1)c1ccccc1)c1ccc2c(c1C=C(c1ccccc1)c1ccccc1)-c1ccccc1-2. The van der Waals surface area contributed by atoms with Gasteiger partial charge >= 0.3 is 0 Å². The van der Waals surface area contributed by atoms with Crippen LogP contribution >= 0.6 is 0 Å². The van der Waals surface area contributed by atoms with Gasteiger partial charge in [0.05, 0.1) is 0 Å². The van der Waals surface area contributed by atoms with Gasteiger partial charge in [-0.05, 0) is 78.9 Å². The minimum atomic E-state index is 1.21. The quantitative estimate of drug-likeness (QED) is 0.196. The van der Waals surface area contributed by atoms with Gasteiger partial charge < -0.3 is 0 Å². The molecule has 0 saturated carbocycles. The first-order chi connectivity index (χ1) is 19.9. The Hall–Kier alpha value is -5.20. The zero-order valence-electron chi connectivity index (χ0n) is 22.2. The van der Waals surface area contributed by atoms with E-state index in [-0.39, 0.29) is 0 Å². The summed E-state index contributed by atoms with van der Waals surface area (Å²) in [5.74, 6) is 0. The molecule has 188 valence electrons. The van der Waals surface area contributed by atoms with Gasteiger partial charge in [-0.25, -0.2) is 0 Å². The van der Waals surface area contributed by atoms with Crippen molar-refractivity contribution in [1.82, 2.24) is 0 Å². The molecule has 0 radical (unpaired) electrons. The monoisotopic (exact) mass is 508 g/mol. The van der Waals surface area contributed by atoms with E-state index in [9.17, 15) is 0 Å². The normalized spacial score (nSPS) is 11.0. The molecule has 0 atom stereocenters. The summed E-state index contributed by atoms with van der Waals surface area (Å²) in [6.07, 6.45) is 4.77. The van der Waals surface area contributed by atoms with Gasteiger partial charge in [-0.3, -0.25) is 0 Å². The standard InChI is InChI=1S/C40H28/c1-5-15-29(16-6-1)37(30-17-7-2-8-18-30)27-33-25-26-36-34-23-13-14-24-35(34)40(36)39(33)28-38(31-19-9-3-10-20-31)32-21-11-4-12-22-32/h1-28H. The fourth-order valence-corrected chi connectivity index (χ4v) is 5.74. The van der Waals surface area contributed by atoms with E-state index in [1.54, 1.807) is 0 Å². The molecule has 0 spiro atoms. The van der Waals surface area contributed by atoms with Crippen LogP contribution in [0.15, 0.2) is 158 Å². The molecule has 0 bridgehead atoms. The van der Waals surface area contributed by atoms with Crippen LogP contribution in [0.1, 0.15) is 33.4 Å². The average Bonchev–Trinajstić information content (AvgIpc) is 3.03. The highest BCUT2D eigenvalue weighted by molar-refractivity contribution is 6.10. The Morgan fingerprint density at radius 3 is 1.20 bits per heavy atom. The molecule has 6 aromatic rings. The minimum Gasteiger partial charge on any atom is -0.0622 e. The van der Waals surface area contributed by atoms with Crippen LogP contribution in [0.5, 0.6) is 0 Å². The van der Waals surface area contributed by atoms with E-state index in [4.69, 9.17) is 0 Å². The van der Waals surface area contributed by atoms with Crippen molar-refractivity contribution in [2.45, 2.75) is 0 Å². The molecule has 6 aromatic carbocycles. The summed E-state index contributed by atoms with van der Waals surface area (Å²) in [7, 11) is 0. The summed E-state index contributed by atoms with van der Waals surface area (Å²) in [4.78, 5) is 0. The molecule has 0 amide bonds. The summed E-state index contributed by atoms with van der Waals surface area (Å²) in [6, 6.07) is 56.2. The molecule has 0 aromatic heterocycles. The van der Waals surface area contributed by atoms with E-state index in [0.29, 0.717) is 0 Å². The zero-order valence-corrected chi connectivity index (χ0v) is 22.2. The van der Waals surface area contributed by atoms with Crippen LogP contribution in [0.4, 0.5) is 0 Å². The van der Waals surface area contributed by atoms with Crippen LogP contribution in [0.2, 0.25) is 0 Å². The molecule has 0 aliphatic heterocycles. The lowest BCUT2D eigenvalue weighted by Gasteiger charge is -2.28. The van der Waals surface area contributed by atoms with Crippen molar-refractivity contribution in [3.05, 3.63) is 191 Å². The molecular formula is C40H28. The zero-order chi connectivity index (χ0) is 26.7. The van der Waals surface area contributed by atoms with Gasteiger partial charge in [-0.15, -0.1) is 0 Å². The van der Waals surface area contributed by atoms with Gasteiger partial charge in [0.2, 0.25) is 0 Å². The molecule has 0 heteroatoms. The van der Waals surface area contributed by atoms with E-state index in [2.05, 4.69) is 170 Å². The fourth-order valence-electron chi connectivity index (χ4n) is 5.74. The highest BCUT2D eigenvalue weighted by Gasteiger charge is 2.26. The van der Waals surface area contributed by atoms with Gasteiger partial charge in [0, 0.05) is 0 Å². The summed E-state index contributed by atoms with van der Waals surface area (Å²) < 4.78 is 0. The summed E-state index contributed by atoms with van der Waals surface area (Å²) in [5.41, 5.74) is 15.0. The molecule has 40 heavy (non-hydrogen) atoms. The number of hydrogen-bond donors (Lipinski definition) is 0. The Balaban J connectivity index is 1.51. The minimum absolute atomic E-state index is 1.21. The molecule has 0 fully saturated rings. The first-order valence-electron chi connectivity index (χ1n) is 13.8. The lowest BCUT2D eigenvalue weighted by atomic mass is 9.75. The molecular weight excluding hydrogens is 480 g/mol. The number of rotatable bonds is 6. The van der Waals surface area contributed by atoms with Crippen LogP contribution in [-0.2, 0) is 0 Å². The van der Waals surface area contributed by atoms with Crippen LogP contribution in [-0.4, -0.2) is 0 Å². The summed E-state index contributed by atoms with van der Waals surface area (Å²) in [5, 5.41) is 0. The lowest BCUT2D eigenvalue weighted by Crippen LogP contribution is -2.03. The van der Waals surface area contributed by atoms with Gasteiger partial charge in [0.15, 0.2) is 0 Å². The first kappa shape index (κ1) is 23.9. The second kappa shape index (κ2) is 10.5. The third-order valence-corrected chi connectivity index (χ3v) is 7.69. The maximum Gasteiger partial charge on any atom is -0.00201 e. The maximum absolute atomic E-state index is 2.40. The molecule has 0 saturated heterocycles. The number of hydrogen-bond acceptors (Lipinski definition) is 0. The van der Waals surface area contributed by atoms with Crippen LogP contribution in [0.3, 0.4) is 0 Å². The van der Waals surface area contributed by atoms with Crippen molar-refractivity contribution in [2.75, 3.05) is 0 Å². The number of benzene rings is 6. The van der Waals surface area contributed by atoms with Crippen molar-refractivity contribution < 1.29 is 0 Å². The topological polar surface area (TPSA) is 0 Å². The van der Waals surface area contributed by atoms with Gasteiger partial charge in [0.25, 0.3) is 0 Å². The molecule has 1 aliphatic carbocycles. The lowest BCUT2D eigenvalue weighted by molar-refractivity contribution is 1.48. The fraction of sp³-hybridized carbons (Fsp3) is 0. The third kappa shape index (κ3) is 4.40. The van der Waals surface area contributed by atoms with Crippen molar-refractivity contribution in [3.8, 4) is 22.3 Å². The van der Waals surface area contributed by atoms with Gasteiger partial charge in [-0.1, -0.05) is 158 Å². The molecule has 0 nitrogen and oxygen atoms in total. The van der Waals surface area contributed by atoms with E-state index in [1.807, 2.05) is 0 Å². The Bertz CT molecular complexity index is 1760. The van der Waals surface area contributed by atoms with E-state index >= 15 is 0 Å². The summed E-state index contributed by atoms with van der Waals surface area (Å²) >= 11 is 0. The molecule has 0 N–H and O–H groups in total. The van der Waals surface area contributed by atoms with E-state index in [1.165, 1.54) is 66.8 Å². The smallest absolute Gasteiger partial charge is 0.00201 e. The van der Waals surface area contributed by atoms with Crippen molar-refractivity contribution in [1.29, 1.82) is 0 Å². The highest BCUT2D eigenvalue weighted by atomic mass is 14.3. The predicted molar refractivity (Wildman–Crippen MR) is 171 cm³/mol. The molecule has 0 unspecified atom stereocenters. The van der Waals surface area contributed by atoms with Crippen LogP contribution < -0.4 is 0 Å². The predicted octanol–water partition coefficient (Wildman–Crippen LogP) is 10.5. The van der Waals surface area contributed by atoms with Gasteiger partial charge in [0.1, 0.15) is 0 Å². The molecule has 0 heterocycles. The van der Waals surface area contributed by atoms with E-state index in [0.717, 1.165) is 0 Å². The highest BCUT2D eigenvalue weighted by Crippen LogP contribution is 2.51. The van der Waals surface area contributed by atoms with Crippen molar-refractivity contribution >= 4 is 23.3 Å². The third-order valence-electron chi connectivity index (χ3n) is 7.69. The Labute approximate surface area is 236 Å². The number of fused-ring (bicyclic) bond motifs is 4. The Morgan fingerprint density at radius 2 is 0.725 bits per heavy atom. The first-order valence-corrected chi connectivity index (χ1v) is 13.8. The maximum atomic E-state index is 2.40. The van der Waals surface area contributed by atoms with Gasteiger partial charge in [-0.2, -0.15) is 0 Å². The Morgan fingerprint density at radius 1 is 0.325 bits per heavy atom. The van der Waals surface area contributed by atoms with Crippen LogP contribution in [0.25, 0.3) is 45.6 Å². The second-order valence-corrected chi connectivity index (χ2v) is 10.1. The Kier molecular flexibility index (Phi) is 6.28. The van der Waals surface area contributed by atoms with Crippen molar-refractivity contribution in [3.63, 3.8) is 0 Å². The molecule has 7 rings (SSSR count). The summed E-state index contributed by atoms with van der Waals surface area (Å²) in [6.45, 7) is 0. The van der Waals surface area contributed by atoms with Crippen LogP contribution in [0, 0.1) is 0 Å².